The van der Waals surface area contributed by atoms with E-state index >= 15 is 0 Å². The minimum absolute atomic E-state index is 0.208. The summed E-state index contributed by atoms with van der Waals surface area (Å²) in [6.07, 6.45) is 0.208. The molecule has 1 N–H and O–H groups in total. The van der Waals surface area contributed by atoms with Crippen molar-refractivity contribution in [3.63, 3.8) is 0 Å². The number of nitriles is 1. The molecule has 2 aromatic carbocycles. The van der Waals surface area contributed by atoms with Crippen LogP contribution in [0.1, 0.15) is 23.7 Å². The predicted octanol–water partition coefficient (Wildman–Crippen LogP) is 2.66. The molecule has 0 saturated carbocycles. The van der Waals surface area contributed by atoms with Crippen LogP contribution in [0.2, 0.25) is 0 Å². The molecule has 0 aliphatic rings. The summed E-state index contributed by atoms with van der Waals surface area (Å²) in [7, 11) is 1.26. The van der Waals surface area contributed by atoms with Gasteiger partial charge in [0.2, 0.25) is 0 Å². The maximum Gasteiger partial charge on any atom is 0.328 e. The molecule has 118 valence electrons. The van der Waals surface area contributed by atoms with Crippen molar-refractivity contribution in [1.29, 1.82) is 5.26 Å². The molecule has 5 heteroatoms. The third-order valence-corrected chi connectivity index (χ3v) is 3.63. The van der Waals surface area contributed by atoms with Gasteiger partial charge >= 0.3 is 5.97 Å². The fourth-order valence-electron chi connectivity index (χ4n) is 2.42. The molecular formula is C18H18N2O3. The monoisotopic (exact) mass is 310 g/mol. The molecule has 2 aromatic rings. The fraction of sp³-hybridized carbons (Fsp3) is 0.278. The number of hydrogen-bond donors (Lipinski definition) is 1. The summed E-state index contributed by atoms with van der Waals surface area (Å²) in [5.41, 5.74) is 0.488. The van der Waals surface area contributed by atoms with Crippen LogP contribution >= 0.6 is 0 Å². The van der Waals surface area contributed by atoms with Crippen LogP contribution in [-0.2, 0) is 9.53 Å². The van der Waals surface area contributed by atoms with Gasteiger partial charge in [-0.25, -0.2) is 4.79 Å². The molecule has 23 heavy (non-hydrogen) atoms. The van der Waals surface area contributed by atoms with Crippen molar-refractivity contribution < 1.29 is 14.3 Å². The zero-order valence-electron chi connectivity index (χ0n) is 13.1. The molecule has 0 aliphatic heterocycles. The molecule has 0 bridgehead atoms. The van der Waals surface area contributed by atoms with Crippen LogP contribution in [0.5, 0.6) is 0 Å². The average molecular weight is 310 g/mol. The number of rotatable bonds is 5. The number of nitrogens with one attached hydrogen (secondary N) is 1. The largest absolute Gasteiger partial charge is 0.467 e. The van der Waals surface area contributed by atoms with Crippen LogP contribution < -0.4 is 5.32 Å². The Morgan fingerprint density at radius 3 is 2.61 bits per heavy atom. The van der Waals surface area contributed by atoms with Gasteiger partial charge in [-0.3, -0.25) is 4.79 Å². The number of methoxy groups -OCH3 is 1. The number of carbonyl (C=O) groups is 2. The molecule has 5 nitrogen and oxygen atoms in total. The van der Waals surface area contributed by atoms with E-state index in [-0.39, 0.29) is 18.2 Å². The lowest BCUT2D eigenvalue weighted by Gasteiger charge is -2.18. The Labute approximate surface area is 134 Å². The highest BCUT2D eigenvalue weighted by Crippen LogP contribution is 2.19. The van der Waals surface area contributed by atoms with Crippen LogP contribution in [0.3, 0.4) is 0 Å². The molecule has 2 atom stereocenters. The van der Waals surface area contributed by atoms with Gasteiger partial charge in [-0.1, -0.05) is 36.4 Å². The summed E-state index contributed by atoms with van der Waals surface area (Å²) < 4.78 is 4.72. The Hall–Kier alpha value is -2.87. The van der Waals surface area contributed by atoms with Crippen LogP contribution in [0, 0.1) is 17.2 Å². The van der Waals surface area contributed by atoms with Crippen LogP contribution in [0.15, 0.2) is 42.5 Å². The van der Waals surface area contributed by atoms with Crippen LogP contribution in [0.4, 0.5) is 0 Å². The number of fused-ring (bicyclic) bond motifs is 1. The van der Waals surface area contributed by atoms with Crippen molar-refractivity contribution in [3.8, 4) is 6.07 Å². The first-order valence-corrected chi connectivity index (χ1v) is 7.33. The normalized spacial score (nSPS) is 12.9. The van der Waals surface area contributed by atoms with Gasteiger partial charge in [0.25, 0.3) is 5.91 Å². The number of esters is 1. The summed E-state index contributed by atoms with van der Waals surface area (Å²) in [5, 5.41) is 13.3. The predicted molar refractivity (Wildman–Crippen MR) is 86.6 cm³/mol. The molecule has 0 spiro atoms. The van der Waals surface area contributed by atoms with Crippen molar-refractivity contribution in [2.75, 3.05) is 7.11 Å². The average Bonchev–Trinajstić information content (AvgIpc) is 2.59. The molecule has 1 amide bonds. The lowest BCUT2D eigenvalue weighted by Crippen LogP contribution is -2.42. The number of ether oxygens (including phenoxy) is 1. The van der Waals surface area contributed by atoms with E-state index in [0.717, 1.165) is 10.8 Å². The maximum absolute atomic E-state index is 12.6. The van der Waals surface area contributed by atoms with Gasteiger partial charge in [0.15, 0.2) is 0 Å². The van der Waals surface area contributed by atoms with E-state index in [9.17, 15) is 9.59 Å². The maximum atomic E-state index is 12.6. The molecule has 2 rings (SSSR count). The molecule has 0 radical (unpaired) electrons. The van der Waals surface area contributed by atoms with Gasteiger partial charge in [-0.05, 0) is 30.2 Å². The van der Waals surface area contributed by atoms with Gasteiger partial charge in [-0.15, -0.1) is 0 Å². The molecule has 0 unspecified atom stereocenters. The minimum Gasteiger partial charge on any atom is -0.467 e. The number of carbonyl (C=O) groups excluding carboxylic acids is 2. The molecule has 0 aliphatic carbocycles. The Balaban J connectivity index is 2.27. The third kappa shape index (κ3) is 3.86. The Morgan fingerprint density at radius 2 is 1.91 bits per heavy atom. The zero-order valence-corrected chi connectivity index (χ0v) is 13.1. The number of benzene rings is 2. The molecule has 0 saturated heterocycles. The van der Waals surface area contributed by atoms with Gasteiger partial charge in [0.05, 0.1) is 13.2 Å². The van der Waals surface area contributed by atoms with Crippen LogP contribution in [0.25, 0.3) is 10.8 Å². The van der Waals surface area contributed by atoms with E-state index in [1.165, 1.54) is 7.11 Å². The smallest absolute Gasteiger partial charge is 0.328 e. The van der Waals surface area contributed by atoms with E-state index < -0.39 is 12.0 Å². The molecule has 0 heterocycles. The highest BCUT2D eigenvalue weighted by atomic mass is 16.5. The number of amides is 1. The standard InChI is InChI=1S/C18H18N2O3/c1-12(11-19)10-16(18(22)23-2)20-17(21)15-9-5-7-13-6-3-4-8-14(13)15/h3-9,12,16H,10H2,1-2H3,(H,20,21)/t12-,16-/m1/s1. The van der Waals surface area contributed by atoms with Crippen molar-refractivity contribution in [2.45, 2.75) is 19.4 Å². The van der Waals surface area contributed by atoms with Gasteiger partial charge < -0.3 is 10.1 Å². The highest BCUT2D eigenvalue weighted by molar-refractivity contribution is 6.07. The first-order valence-electron chi connectivity index (χ1n) is 7.33. The lowest BCUT2D eigenvalue weighted by atomic mass is 10.0. The number of nitrogens with zero attached hydrogens (tertiary/aromatic N) is 1. The summed E-state index contributed by atoms with van der Waals surface area (Å²) in [6.45, 7) is 1.69. The Bertz CT molecular complexity index is 759. The van der Waals surface area contributed by atoms with E-state index in [1.807, 2.05) is 30.3 Å². The summed E-state index contributed by atoms with van der Waals surface area (Å²) in [6, 6.07) is 14.2. The zero-order chi connectivity index (χ0) is 16.8. The number of hydrogen-bond acceptors (Lipinski definition) is 4. The SMILES string of the molecule is COC(=O)[C@@H](C[C@@H](C)C#N)NC(=O)c1cccc2ccccc12. The molecular weight excluding hydrogens is 292 g/mol. The topological polar surface area (TPSA) is 79.2 Å². The van der Waals surface area contributed by atoms with Crippen molar-refractivity contribution in [3.05, 3.63) is 48.0 Å². The van der Waals surface area contributed by atoms with Gasteiger partial charge in [0.1, 0.15) is 6.04 Å². The van der Waals surface area contributed by atoms with E-state index in [4.69, 9.17) is 10.00 Å². The first kappa shape index (κ1) is 16.5. The molecule has 0 aromatic heterocycles. The Kier molecular flexibility index (Phi) is 5.32. The van der Waals surface area contributed by atoms with Gasteiger partial charge in [0, 0.05) is 11.5 Å². The minimum atomic E-state index is -0.846. The second-order valence-corrected chi connectivity index (χ2v) is 5.34. The second-order valence-electron chi connectivity index (χ2n) is 5.34. The summed E-state index contributed by atoms with van der Waals surface area (Å²) >= 11 is 0. The van der Waals surface area contributed by atoms with Gasteiger partial charge in [-0.2, -0.15) is 5.26 Å². The van der Waals surface area contributed by atoms with Crippen LogP contribution in [-0.4, -0.2) is 25.0 Å². The van der Waals surface area contributed by atoms with Crippen molar-refractivity contribution in [2.24, 2.45) is 5.92 Å². The molecule has 0 fully saturated rings. The second kappa shape index (κ2) is 7.41. The fourth-order valence-corrected chi connectivity index (χ4v) is 2.42. The van der Waals surface area contributed by atoms with E-state index in [0.29, 0.717) is 5.56 Å². The summed E-state index contributed by atoms with van der Waals surface area (Å²) in [4.78, 5) is 24.4. The van der Waals surface area contributed by atoms with E-state index in [2.05, 4.69) is 11.4 Å². The highest BCUT2D eigenvalue weighted by Gasteiger charge is 2.24. The lowest BCUT2D eigenvalue weighted by molar-refractivity contribution is -0.143. The quantitative estimate of drug-likeness (QED) is 0.861. The van der Waals surface area contributed by atoms with E-state index in [1.54, 1.807) is 19.1 Å². The third-order valence-electron chi connectivity index (χ3n) is 3.63. The first-order chi connectivity index (χ1) is 11.1. The van der Waals surface area contributed by atoms with Crippen molar-refractivity contribution >= 4 is 22.6 Å². The summed E-state index contributed by atoms with van der Waals surface area (Å²) in [5.74, 6) is -1.28. The van der Waals surface area contributed by atoms with Crippen molar-refractivity contribution in [1.82, 2.24) is 5.32 Å². The Morgan fingerprint density at radius 1 is 1.22 bits per heavy atom.